The lowest BCUT2D eigenvalue weighted by atomic mass is 10.1. The predicted octanol–water partition coefficient (Wildman–Crippen LogP) is 2.79. The largest absolute Gasteiger partial charge is 0.550 e. The van der Waals surface area contributed by atoms with Crippen LogP contribution in [0.4, 0.5) is 0 Å². The number of benzene rings is 1. The van der Waals surface area contributed by atoms with E-state index in [-0.39, 0.29) is 12.3 Å². The van der Waals surface area contributed by atoms with Gasteiger partial charge < -0.3 is 14.4 Å². The second-order valence-corrected chi connectivity index (χ2v) is 5.84. The van der Waals surface area contributed by atoms with Crippen LogP contribution < -0.4 is 5.11 Å². The number of aryl methyl sites for hydroxylation is 1. The lowest BCUT2D eigenvalue weighted by molar-refractivity contribution is -0.304. The van der Waals surface area contributed by atoms with Crippen molar-refractivity contribution in [3.63, 3.8) is 0 Å². The number of hydrogen-bond donors (Lipinski definition) is 0. The van der Waals surface area contributed by atoms with Gasteiger partial charge in [0.2, 0.25) is 5.82 Å². The van der Waals surface area contributed by atoms with Gasteiger partial charge in [-0.2, -0.15) is 16.3 Å². The summed E-state index contributed by atoms with van der Waals surface area (Å²) in [6.45, 7) is 1.99. The van der Waals surface area contributed by atoms with Crippen molar-refractivity contribution in [2.45, 2.75) is 13.3 Å². The zero-order chi connectivity index (χ0) is 16.2. The van der Waals surface area contributed by atoms with Crippen molar-refractivity contribution in [3.8, 4) is 11.4 Å². The van der Waals surface area contributed by atoms with Crippen LogP contribution in [0.15, 0.2) is 45.6 Å². The van der Waals surface area contributed by atoms with Crippen LogP contribution >= 0.6 is 11.3 Å². The molecular weight excluding hydrogens is 312 g/mol. The summed E-state index contributed by atoms with van der Waals surface area (Å²) in [5.41, 5.74) is 3.25. The second-order valence-electron chi connectivity index (χ2n) is 5.06. The summed E-state index contributed by atoms with van der Waals surface area (Å²) in [7, 11) is 0. The van der Waals surface area contributed by atoms with Gasteiger partial charge in [-0.25, -0.2) is 0 Å². The number of hydrogen-bond acceptors (Lipinski definition) is 6. The molecule has 0 saturated carbocycles. The van der Waals surface area contributed by atoms with Crippen LogP contribution in [0.5, 0.6) is 0 Å². The Balaban J connectivity index is 1.96. The van der Waals surface area contributed by atoms with Crippen molar-refractivity contribution in [1.82, 2.24) is 10.1 Å². The number of carbonyl (C=O) groups excluding carboxylic acids is 1. The minimum absolute atomic E-state index is 0.191. The molecule has 0 spiro atoms. The number of carbonyl (C=O) groups is 1. The first-order valence-electron chi connectivity index (χ1n) is 6.95. The molecule has 0 N–H and O–H groups in total. The molecule has 5 nitrogen and oxygen atoms in total. The van der Waals surface area contributed by atoms with Crippen LogP contribution in [0.2, 0.25) is 0 Å². The highest BCUT2D eigenvalue weighted by molar-refractivity contribution is 7.08. The Bertz CT molecular complexity index is 833. The highest BCUT2D eigenvalue weighted by Crippen LogP contribution is 2.24. The standard InChI is InChI=1S/C17H14N2O3S/c1-11-2-4-12(5-3-11)8-14(9-15(20)21)17-18-16(19-22-17)13-6-7-23-10-13/h2-8,10H,9H2,1H3,(H,20,21)/p-1/b14-8+. The summed E-state index contributed by atoms with van der Waals surface area (Å²) in [6, 6.07) is 9.59. The number of aliphatic carboxylic acids is 1. The molecule has 3 aromatic rings. The quantitative estimate of drug-likeness (QED) is 0.720. The minimum Gasteiger partial charge on any atom is -0.550 e. The first-order valence-corrected chi connectivity index (χ1v) is 7.90. The van der Waals surface area contributed by atoms with Gasteiger partial charge in [0.05, 0.1) is 0 Å². The van der Waals surface area contributed by atoms with Gasteiger partial charge in [0, 0.05) is 28.9 Å². The molecule has 6 heteroatoms. The van der Waals surface area contributed by atoms with Crippen LogP contribution in [-0.2, 0) is 4.79 Å². The maximum atomic E-state index is 11.0. The molecule has 0 fully saturated rings. The van der Waals surface area contributed by atoms with Gasteiger partial charge in [0.15, 0.2) is 0 Å². The third-order valence-corrected chi connectivity index (χ3v) is 3.92. The number of nitrogens with zero attached hydrogens (tertiary/aromatic N) is 2. The molecule has 0 unspecified atom stereocenters. The zero-order valence-corrected chi connectivity index (χ0v) is 13.2. The average Bonchev–Trinajstić information content (AvgIpc) is 3.19. The van der Waals surface area contributed by atoms with Gasteiger partial charge in [-0.1, -0.05) is 35.0 Å². The van der Waals surface area contributed by atoms with Crippen LogP contribution in [0.3, 0.4) is 0 Å². The van der Waals surface area contributed by atoms with Crippen molar-refractivity contribution < 1.29 is 14.4 Å². The molecule has 23 heavy (non-hydrogen) atoms. The van der Waals surface area contributed by atoms with Crippen LogP contribution in [0.25, 0.3) is 23.0 Å². The molecule has 0 saturated heterocycles. The normalized spacial score (nSPS) is 11.6. The van der Waals surface area contributed by atoms with E-state index < -0.39 is 5.97 Å². The Morgan fingerprint density at radius 2 is 2.09 bits per heavy atom. The first-order chi connectivity index (χ1) is 11.1. The molecule has 0 aliphatic heterocycles. The molecule has 2 aromatic heterocycles. The maximum Gasteiger partial charge on any atom is 0.254 e. The topological polar surface area (TPSA) is 79.0 Å². The van der Waals surface area contributed by atoms with Gasteiger partial charge in [-0.3, -0.25) is 0 Å². The van der Waals surface area contributed by atoms with E-state index in [4.69, 9.17) is 4.52 Å². The van der Waals surface area contributed by atoms with Gasteiger partial charge in [0.25, 0.3) is 5.89 Å². The smallest absolute Gasteiger partial charge is 0.254 e. The summed E-state index contributed by atoms with van der Waals surface area (Å²) < 4.78 is 5.23. The van der Waals surface area contributed by atoms with E-state index >= 15 is 0 Å². The fourth-order valence-electron chi connectivity index (χ4n) is 2.07. The zero-order valence-electron chi connectivity index (χ0n) is 12.4. The molecule has 0 atom stereocenters. The number of aromatic nitrogens is 2. The SMILES string of the molecule is Cc1ccc(/C=C(\CC(=O)[O-])c2nc(-c3ccsc3)no2)cc1. The third-order valence-electron chi connectivity index (χ3n) is 3.23. The van der Waals surface area contributed by atoms with E-state index in [0.29, 0.717) is 11.4 Å². The minimum atomic E-state index is -1.20. The fourth-order valence-corrected chi connectivity index (χ4v) is 2.70. The van der Waals surface area contributed by atoms with Crippen molar-refractivity contribution in [1.29, 1.82) is 0 Å². The first kappa shape index (κ1) is 15.2. The van der Waals surface area contributed by atoms with Crippen molar-refractivity contribution in [3.05, 3.63) is 58.1 Å². The van der Waals surface area contributed by atoms with E-state index in [0.717, 1.165) is 16.7 Å². The number of carboxylic acid groups (broad SMARTS) is 1. The number of rotatable bonds is 5. The highest BCUT2D eigenvalue weighted by Gasteiger charge is 2.13. The van der Waals surface area contributed by atoms with E-state index in [9.17, 15) is 9.90 Å². The van der Waals surface area contributed by atoms with Crippen LogP contribution in [0, 0.1) is 6.92 Å². The van der Waals surface area contributed by atoms with Gasteiger partial charge in [-0.15, -0.1) is 0 Å². The van der Waals surface area contributed by atoms with Crippen molar-refractivity contribution >= 4 is 29.0 Å². The monoisotopic (exact) mass is 325 g/mol. The molecule has 0 aliphatic carbocycles. The van der Waals surface area contributed by atoms with E-state index in [2.05, 4.69) is 10.1 Å². The third kappa shape index (κ3) is 3.73. The number of thiophene rings is 1. The Hall–Kier alpha value is -2.73. The molecule has 0 amide bonds. The summed E-state index contributed by atoms with van der Waals surface area (Å²) in [5, 5.41) is 18.7. The van der Waals surface area contributed by atoms with Gasteiger partial charge in [0.1, 0.15) is 0 Å². The Kier molecular flexibility index (Phi) is 4.34. The lowest BCUT2D eigenvalue weighted by Crippen LogP contribution is -2.22. The summed E-state index contributed by atoms with van der Waals surface area (Å²) in [5.74, 6) is -0.566. The summed E-state index contributed by atoms with van der Waals surface area (Å²) >= 11 is 1.53. The van der Waals surface area contributed by atoms with Gasteiger partial charge >= 0.3 is 0 Å². The van der Waals surface area contributed by atoms with E-state index in [1.807, 2.05) is 48.0 Å². The molecule has 2 heterocycles. The molecule has 0 aliphatic rings. The average molecular weight is 325 g/mol. The maximum absolute atomic E-state index is 11.0. The Labute approximate surface area is 136 Å². The summed E-state index contributed by atoms with van der Waals surface area (Å²) in [6.07, 6.45) is 1.43. The van der Waals surface area contributed by atoms with E-state index in [1.54, 1.807) is 6.08 Å². The molecule has 1 aromatic carbocycles. The second kappa shape index (κ2) is 6.58. The summed E-state index contributed by atoms with van der Waals surface area (Å²) in [4.78, 5) is 15.3. The molecule has 0 bridgehead atoms. The molecular formula is C17H13N2O3S-. The Morgan fingerprint density at radius 3 is 2.74 bits per heavy atom. The van der Waals surface area contributed by atoms with E-state index in [1.165, 1.54) is 11.3 Å². The molecule has 0 radical (unpaired) electrons. The van der Waals surface area contributed by atoms with Crippen molar-refractivity contribution in [2.24, 2.45) is 0 Å². The Morgan fingerprint density at radius 1 is 1.30 bits per heavy atom. The van der Waals surface area contributed by atoms with Crippen LogP contribution in [0.1, 0.15) is 23.4 Å². The lowest BCUT2D eigenvalue weighted by Gasteiger charge is -2.04. The molecule has 3 rings (SSSR count). The van der Waals surface area contributed by atoms with Gasteiger partial charge in [-0.05, 0) is 30.0 Å². The number of carboxylic acids is 1. The van der Waals surface area contributed by atoms with Crippen molar-refractivity contribution in [2.75, 3.05) is 0 Å². The highest BCUT2D eigenvalue weighted by atomic mass is 32.1. The predicted molar refractivity (Wildman–Crippen MR) is 86.3 cm³/mol. The fraction of sp³-hybridized carbons (Fsp3) is 0.118. The van der Waals surface area contributed by atoms with Crippen LogP contribution in [-0.4, -0.2) is 16.1 Å². The molecule has 116 valence electrons.